The molecule has 0 amide bonds. The normalized spacial score (nSPS) is 14.9. The van der Waals surface area contributed by atoms with Gasteiger partial charge in [0.1, 0.15) is 4.16 Å². The van der Waals surface area contributed by atoms with Gasteiger partial charge in [0.15, 0.2) is 4.84 Å². The lowest BCUT2D eigenvalue weighted by Crippen LogP contribution is -2.31. The number of rotatable bonds is 10. The van der Waals surface area contributed by atoms with Crippen molar-refractivity contribution in [3.05, 3.63) is 0 Å². The van der Waals surface area contributed by atoms with Crippen LogP contribution in [0.2, 0.25) is 0 Å². The predicted octanol–water partition coefficient (Wildman–Crippen LogP) is 5.18. The molecule has 0 aliphatic rings. The van der Waals surface area contributed by atoms with E-state index >= 15 is 0 Å². The van der Waals surface area contributed by atoms with Crippen LogP contribution in [0.1, 0.15) is 39.0 Å². The van der Waals surface area contributed by atoms with Gasteiger partial charge in [-0.15, -0.1) is 23.2 Å². The maximum atomic E-state index is 11.9. The van der Waals surface area contributed by atoms with Gasteiger partial charge in [0.05, 0.1) is 0 Å². The number of halogens is 5. The average molecular weight is 456 g/mol. The molecule has 0 aliphatic carbocycles. The SMILES string of the molecule is CCCCCCC(Br)S(=O)(=O)NSC(Cl)(Cl)C(Cl)Cl. The molecule has 10 heteroatoms. The summed E-state index contributed by atoms with van der Waals surface area (Å²) in [6, 6.07) is 0. The Labute approximate surface area is 147 Å². The van der Waals surface area contributed by atoms with Gasteiger partial charge >= 0.3 is 0 Å². The van der Waals surface area contributed by atoms with Crippen LogP contribution in [-0.2, 0) is 10.0 Å². The fourth-order valence-corrected chi connectivity index (χ4v) is 4.83. The molecular formula is C9H16BrCl4NO2S2. The van der Waals surface area contributed by atoms with Crippen molar-refractivity contribution in [2.45, 2.75) is 51.7 Å². The number of sulfonamides is 1. The molecule has 3 nitrogen and oxygen atoms in total. The van der Waals surface area contributed by atoms with Crippen molar-refractivity contribution in [2.24, 2.45) is 0 Å². The van der Waals surface area contributed by atoms with Crippen LogP contribution in [0.5, 0.6) is 0 Å². The standard InChI is InChI=1S/C9H16BrCl4NO2S2/c1-2-3-4-5-6-7(10)19(16,17)15-18-9(13,14)8(11)12/h7-8,15H,2-6H2,1H3. The van der Waals surface area contributed by atoms with E-state index in [9.17, 15) is 8.42 Å². The maximum absolute atomic E-state index is 11.9. The van der Waals surface area contributed by atoms with Gasteiger partial charge in [0, 0.05) is 0 Å². The molecule has 0 bridgehead atoms. The molecule has 19 heavy (non-hydrogen) atoms. The molecule has 1 N–H and O–H groups in total. The minimum Gasteiger partial charge on any atom is -0.210 e. The first-order valence-corrected chi connectivity index (χ1v) is 10.5. The quantitative estimate of drug-likeness (QED) is 0.280. The third kappa shape index (κ3) is 8.81. The number of hydrogen-bond acceptors (Lipinski definition) is 3. The van der Waals surface area contributed by atoms with E-state index in [-0.39, 0.29) is 0 Å². The molecule has 1 atom stereocenters. The van der Waals surface area contributed by atoms with E-state index in [0.717, 1.165) is 25.7 Å². The van der Waals surface area contributed by atoms with Crippen LogP contribution in [0, 0.1) is 0 Å². The summed E-state index contributed by atoms with van der Waals surface area (Å²) < 4.78 is 23.7. The molecule has 0 saturated heterocycles. The van der Waals surface area contributed by atoms with E-state index in [1.807, 2.05) is 0 Å². The van der Waals surface area contributed by atoms with Crippen molar-refractivity contribution in [2.75, 3.05) is 0 Å². The number of unbranched alkanes of at least 4 members (excludes halogenated alkanes) is 3. The molecule has 0 aliphatic heterocycles. The third-order valence-electron chi connectivity index (χ3n) is 2.17. The Morgan fingerprint density at radius 3 is 2.32 bits per heavy atom. The molecule has 0 heterocycles. The zero-order valence-electron chi connectivity index (χ0n) is 10.2. The van der Waals surface area contributed by atoms with Gasteiger partial charge in [-0.2, -0.15) is 4.13 Å². The van der Waals surface area contributed by atoms with E-state index < -0.39 is 22.7 Å². The summed E-state index contributed by atoms with van der Waals surface area (Å²) in [5.41, 5.74) is 0. The Morgan fingerprint density at radius 2 is 1.84 bits per heavy atom. The fraction of sp³-hybridized carbons (Fsp3) is 1.00. The van der Waals surface area contributed by atoms with E-state index in [2.05, 4.69) is 27.0 Å². The van der Waals surface area contributed by atoms with Crippen LogP contribution in [0.4, 0.5) is 0 Å². The van der Waals surface area contributed by atoms with Gasteiger partial charge in [0.25, 0.3) is 0 Å². The summed E-state index contributed by atoms with van der Waals surface area (Å²) in [4.78, 5) is -1.12. The molecular weight excluding hydrogens is 440 g/mol. The zero-order valence-corrected chi connectivity index (χ0v) is 16.5. The van der Waals surface area contributed by atoms with Crippen molar-refractivity contribution >= 4 is 84.3 Å². The highest BCUT2D eigenvalue weighted by Crippen LogP contribution is 2.41. The summed E-state index contributed by atoms with van der Waals surface area (Å²) in [5.74, 6) is 0. The second-order valence-electron chi connectivity index (χ2n) is 3.85. The first-order chi connectivity index (χ1) is 8.63. The highest BCUT2D eigenvalue weighted by atomic mass is 79.9. The molecule has 0 aromatic rings. The minimum atomic E-state index is -3.57. The van der Waals surface area contributed by atoms with Crippen LogP contribution in [0.25, 0.3) is 0 Å². The van der Waals surface area contributed by atoms with Gasteiger partial charge in [-0.25, -0.2) is 8.42 Å². The van der Waals surface area contributed by atoms with Crippen molar-refractivity contribution < 1.29 is 8.42 Å². The second-order valence-corrected chi connectivity index (χ2v) is 11.7. The summed E-state index contributed by atoms with van der Waals surface area (Å²) in [6.45, 7) is 2.09. The predicted molar refractivity (Wildman–Crippen MR) is 91.1 cm³/mol. The van der Waals surface area contributed by atoms with Crippen LogP contribution < -0.4 is 4.13 Å². The molecule has 0 spiro atoms. The first kappa shape index (κ1) is 20.9. The van der Waals surface area contributed by atoms with E-state index in [0.29, 0.717) is 18.4 Å². The van der Waals surface area contributed by atoms with Gasteiger partial charge in [-0.1, -0.05) is 71.7 Å². The third-order valence-corrected chi connectivity index (χ3v) is 9.04. The maximum Gasteiger partial charge on any atom is 0.233 e. The zero-order chi connectivity index (χ0) is 15.1. The Balaban J connectivity index is 4.23. The van der Waals surface area contributed by atoms with Crippen molar-refractivity contribution in [3.8, 4) is 0 Å². The molecule has 0 rings (SSSR count). The lowest BCUT2D eigenvalue weighted by molar-refractivity contribution is 0.581. The van der Waals surface area contributed by atoms with Crippen LogP contribution in [0.3, 0.4) is 0 Å². The Bertz CT molecular complexity index is 354. The molecule has 0 aromatic heterocycles. The van der Waals surface area contributed by atoms with Gasteiger partial charge < -0.3 is 0 Å². The Hall–Kier alpha value is 1.90. The van der Waals surface area contributed by atoms with Crippen LogP contribution in [-0.4, -0.2) is 21.1 Å². The molecule has 1 unspecified atom stereocenters. The van der Waals surface area contributed by atoms with Gasteiger partial charge in [-0.3, -0.25) is 0 Å². The Kier molecular flexibility index (Phi) is 10.8. The van der Waals surface area contributed by atoms with Crippen LogP contribution in [0.15, 0.2) is 0 Å². The minimum absolute atomic E-state index is 0.513. The molecule has 116 valence electrons. The highest BCUT2D eigenvalue weighted by molar-refractivity contribution is 9.11. The van der Waals surface area contributed by atoms with Crippen molar-refractivity contribution in [1.82, 2.24) is 4.13 Å². The highest BCUT2D eigenvalue weighted by Gasteiger charge is 2.36. The smallest absolute Gasteiger partial charge is 0.210 e. The number of nitrogens with one attached hydrogen (secondary N) is 1. The summed E-state index contributed by atoms with van der Waals surface area (Å²) in [7, 11) is -3.57. The van der Waals surface area contributed by atoms with Gasteiger partial charge in [0.2, 0.25) is 13.7 Å². The second kappa shape index (κ2) is 9.82. The van der Waals surface area contributed by atoms with E-state index in [1.165, 1.54) is 0 Å². The van der Waals surface area contributed by atoms with Crippen LogP contribution >= 0.6 is 74.3 Å². The monoisotopic (exact) mass is 453 g/mol. The number of alkyl halides is 5. The average Bonchev–Trinajstić information content (AvgIpc) is 2.32. The fourth-order valence-electron chi connectivity index (χ4n) is 1.10. The van der Waals surface area contributed by atoms with Crippen molar-refractivity contribution in [1.29, 1.82) is 0 Å². The lowest BCUT2D eigenvalue weighted by Gasteiger charge is -2.21. The molecule has 0 saturated carbocycles. The topological polar surface area (TPSA) is 46.2 Å². The summed E-state index contributed by atoms with van der Waals surface area (Å²) in [5, 5.41) is 0. The molecule has 0 aromatic carbocycles. The Morgan fingerprint density at radius 1 is 1.26 bits per heavy atom. The summed E-state index contributed by atoms with van der Waals surface area (Å²) >= 11 is 26.3. The van der Waals surface area contributed by atoms with Gasteiger partial charge in [-0.05, 0) is 18.4 Å². The largest absolute Gasteiger partial charge is 0.233 e. The summed E-state index contributed by atoms with van der Waals surface area (Å²) in [6.07, 6.45) is 4.53. The molecule has 0 radical (unpaired) electrons. The van der Waals surface area contributed by atoms with E-state index in [1.54, 1.807) is 0 Å². The lowest BCUT2D eigenvalue weighted by atomic mass is 10.2. The number of hydrogen-bond donors (Lipinski definition) is 1. The van der Waals surface area contributed by atoms with E-state index in [4.69, 9.17) is 46.4 Å². The first-order valence-electron chi connectivity index (χ1n) is 5.62. The van der Waals surface area contributed by atoms with Crippen molar-refractivity contribution in [3.63, 3.8) is 0 Å². The molecule has 0 fully saturated rings.